The highest BCUT2D eigenvalue weighted by Gasteiger charge is 2.50. The van der Waals surface area contributed by atoms with Gasteiger partial charge in [-0.15, -0.1) is 0 Å². The summed E-state index contributed by atoms with van der Waals surface area (Å²) < 4.78 is 26.4. The van der Waals surface area contributed by atoms with Crippen molar-refractivity contribution in [2.75, 3.05) is 26.4 Å². The van der Waals surface area contributed by atoms with Crippen molar-refractivity contribution in [3.63, 3.8) is 0 Å². The van der Waals surface area contributed by atoms with E-state index in [1.807, 2.05) is 0 Å². The van der Waals surface area contributed by atoms with Gasteiger partial charge in [0, 0.05) is 13.3 Å². The molecule has 0 saturated heterocycles. The molecular formula is C23H33NO9. The first-order valence-electron chi connectivity index (χ1n) is 10.7. The largest absolute Gasteiger partial charge is 0.493 e. The van der Waals surface area contributed by atoms with Crippen LogP contribution in [0.4, 0.5) is 0 Å². The highest BCUT2D eigenvalue weighted by atomic mass is 16.6. The number of ether oxygens (including phenoxy) is 5. The van der Waals surface area contributed by atoms with E-state index < -0.39 is 35.0 Å². The van der Waals surface area contributed by atoms with Crippen molar-refractivity contribution in [1.82, 2.24) is 5.32 Å². The Labute approximate surface area is 193 Å². The smallest absolute Gasteiger partial charge is 0.349 e. The van der Waals surface area contributed by atoms with E-state index in [4.69, 9.17) is 23.7 Å². The molecule has 0 heterocycles. The number of esters is 3. The van der Waals surface area contributed by atoms with Gasteiger partial charge in [-0.2, -0.15) is 0 Å². The summed E-state index contributed by atoms with van der Waals surface area (Å²) in [6, 6.07) is 6.42. The van der Waals surface area contributed by atoms with Crippen LogP contribution in [0.25, 0.3) is 0 Å². The number of carbonyl (C=O) groups is 4. The first-order chi connectivity index (χ1) is 15.5. The third-order valence-electron chi connectivity index (χ3n) is 4.35. The molecular weight excluding hydrogens is 434 g/mol. The lowest BCUT2D eigenvalue weighted by Crippen LogP contribution is -2.61. The topological polar surface area (TPSA) is 126 Å². The zero-order chi connectivity index (χ0) is 25.1. The molecule has 0 radical (unpaired) electrons. The van der Waals surface area contributed by atoms with Crippen LogP contribution in [-0.4, -0.2) is 61.4 Å². The summed E-state index contributed by atoms with van der Waals surface area (Å²) in [5.74, 6) is -2.09. The first-order valence-corrected chi connectivity index (χ1v) is 10.7. The van der Waals surface area contributed by atoms with Crippen molar-refractivity contribution in [1.29, 1.82) is 0 Å². The van der Waals surface area contributed by atoms with Gasteiger partial charge in [0.2, 0.25) is 11.4 Å². The second-order valence-corrected chi connectivity index (χ2v) is 7.43. The predicted octanol–water partition coefficient (Wildman–Crippen LogP) is 2.18. The molecule has 0 bridgehead atoms. The van der Waals surface area contributed by atoms with Gasteiger partial charge in [-0.1, -0.05) is 0 Å². The second-order valence-electron chi connectivity index (χ2n) is 7.43. The molecule has 0 spiro atoms. The molecule has 0 unspecified atom stereocenters. The van der Waals surface area contributed by atoms with E-state index in [9.17, 15) is 19.2 Å². The minimum absolute atomic E-state index is 0.0179. The van der Waals surface area contributed by atoms with Crippen LogP contribution in [0.1, 0.15) is 48.0 Å². The van der Waals surface area contributed by atoms with Crippen LogP contribution in [-0.2, 0) is 33.4 Å². The molecule has 1 rings (SSSR count). The molecule has 184 valence electrons. The van der Waals surface area contributed by atoms with Crippen molar-refractivity contribution in [2.45, 2.75) is 59.1 Å². The van der Waals surface area contributed by atoms with Gasteiger partial charge in [0.1, 0.15) is 11.5 Å². The molecule has 0 aliphatic heterocycles. The molecule has 10 heteroatoms. The van der Waals surface area contributed by atoms with Crippen LogP contribution in [0.3, 0.4) is 0 Å². The summed E-state index contributed by atoms with van der Waals surface area (Å²) in [6.45, 7) is 9.45. The molecule has 10 nitrogen and oxygen atoms in total. The van der Waals surface area contributed by atoms with E-state index in [0.717, 1.165) is 0 Å². The van der Waals surface area contributed by atoms with Crippen molar-refractivity contribution in [3.05, 3.63) is 24.3 Å². The number of carbonyl (C=O) groups excluding carboxylic acids is 4. The van der Waals surface area contributed by atoms with E-state index in [-0.39, 0.29) is 32.8 Å². The van der Waals surface area contributed by atoms with E-state index in [0.29, 0.717) is 11.5 Å². The Kier molecular flexibility index (Phi) is 10.6. The molecule has 0 atom stereocenters. The zero-order valence-corrected chi connectivity index (χ0v) is 20.0. The van der Waals surface area contributed by atoms with Gasteiger partial charge in [0.15, 0.2) is 5.60 Å². The maximum atomic E-state index is 12.6. The molecule has 1 aromatic carbocycles. The van der Waals surface area contributed by atoms with Gasteiger partial charge in [-0.05, 0) is 58.9 Å². The number of nitrogens with one attached hydrogen (secondary N) is 1. The minimum atomic E-state index is -2.02. The Balaban J connectivity index is 2.91. The lowest BCUT2D eigenvalue weighted by molar-refractivity contribution is -0.168. The van der Waals surface area contributed by atoms with Gasteiger partial charge in [0.25, 0.3) is 0 Å². The van der Waals surface area contributed by atoms with Gasteiger partial charge >= 0.3 is 17.9 Å². The minimum Gasteiger partial charge on any atom is -0.493 e. The Morgan fingerprint density at radius 2 is 1.24 bits per heavy atom. The Hall–Kier alpha value is -3.30. The van der Waals surface area contributed by atoms with E-state index in [1.54, 1.807) is 58.9 Å². The first kappa shape index (κ1) is 27.7. The Morgan fingerprint density at radius 3 is 1.70 bits per heavy atom. The summed E-state index contributed by atoms with van der Waals surface area (Å²) in [4.78, 5) is 48.9. The summed E-state index contributed by atoms with van der Waals surface area (Å²) in [6.07, 6.45) is -0.210. The highest BCUT2D eigenvalue weighted by molar-refractivity contribution is 6.07. The number of hydrogen-bond acceptors (Lipinski definition) is 9. The van der Waals surface area contributed by atoms with E-state index in [2.05, 4.69) is 5.32 Å². The average Bonchev–Trinajstić information content (AvgIpc) is 2.74. The fourth-order valence-corrected chi connectivity index (χ4v) is 2.83. The third kappa shape index (κ3) is 7.96. The monoisotopic (exact) mass is 467 g/mol. The zero-order valence-electron chi connectivity index (χ0n) is 20.0. The molecule has 0 aromatic heterocycles. The molecule has 0 aliphatic carbocycles. The highest BCUT2D eigenvalue weighted by Crippen LogP contribution is 2.24. The lowest BCUT2D eigenvalue weighted by Gasteiger charge is -2.29. The van der Waals surface area contributed by atoms with Crippen LogP contribution in [0.2, 0.25) is 0 Å². The maximum absolute atomic E-state index is 12.6. The normalized spacial score (nSPS) is 11.2. The second kappa shape index (κ2) is 12.7. The fraction of sp³-hybridized carbons (Fsp3) is 0.565. The van der Waals surface area contributed by atoms with Crippen molar-refractivity contribution in [2.24, 2.45) is 0 Å². The van der Waals surface area contributed by atoms with E-state index >= 15 is 0 Å². The van der Waals surface area contributed by atoms with Crippen LogP contribution >= 0.6 is 0 Å². The number of amides is 1. The maximum Gasteiger partial charge on any atom is 0.349 e. The van der Waals surface area contributed by atoms with Crippen molar-refractivity contribution in [3.8, 4) is 11.5 Å². The lowest BCUT2D eigenvalue weighted by atomic mass is 9.95. The Bertz CT molecular complexity index is 800. The third-order valence-corrected chi connectivity index (χ3v) is 4.35. The Morgan fingerprint density at radius 1 is 0.788 bits per heavy atom. The van der Waals surface area contributed by atoms with Gasteiger partial charge < -0.3 is 29.0 Å². The molecule has 1 N–H and O–H groups in total. The average molecular weight is 468 g/mol. The van der Waals surface area contributed by atoms with Crippen LogP contribution in [0, 0.1) is 0 Å². The van der Waals surface area contributed by atoms with Gasteiger partial charge in [-0.25, -0.2) is 14.4 Å². The van der Waals surface area contributed by atoms with Crippen molar-refractivity contribution < 1.29 is 42.9 Å². The summed E-state index contributed by atoms with van der Waals surface area (Å²) in [5.41, 5.74) is -3.19. The standard InChI is InChI=1S/C23H33NO9/c1-7-29-19(26)22(5,6)33-18-12-10-17(11-13-18)32-15-14-23(24-16(4)25,20(27)30-8-2)21(28)31-9-3/h10-13H,7-9,14-15H2,1-6H3,(H,24,25). The predicted molar refractivity (Wildman–Crippen MR) is 118 cm³/mol. The summed E-state index contributed by atoms with van der Waals surface area (Å²) >= 11 is 0. The van der Waals surface area contributed by atoms with E-state index in [1.165, 1.54) is 6.92 Å². The summed E-state index contributed by atoms with van der Waals surface area (Å²) in [5, 5.41) is 2.37. The van der Waals surface area contributed by atoms with Crippen LogP contribution < -0.4 is 14.8 Å². The fourth-order valence-electron chi connectivity index (χ4n) is 2.83. The molecule has 0 fully saturated rings. The quantitative estimate of drug-likeness (QED) is 0.264. The molecule has 1 aromatic rings. The molecule has 0 aliphatic rings. The SMILES string of the molecule is CCOC(=O)C(C)(C)Oc1ccc(OCCC(NC(C)=O)(C(=O)OCC)C(=O)OCC)cc1. The molecule has 0 saturated carbocycles. The number of benzene rings is 1. The van der Waals surface area contributed by atoms with Crippen molar-refractivity contribution >= 4 is 23.8 Å². The molecule has 33 heavy (non-hydrogen) atoms. The number of rotatable bonds is 13. The number of hydrogen-bond donors (Lipinski definition) is 1. The summed E-state index contributed by atoms with van der Waals surface area (Å²) in [7, 11) is 0. The van der Waals surface area contributed by atoms with Gasteiger partial charge in [-0.3, -0.25) is 4.79 Å². The van der Waals surface area contributed by atoms with Crippen LogP contribution in [0.15, 0.2) is 24.3 Å². The molecule has 1 amide bonds. The van der Waals surface area contributed by atoms with Crippen LogP contribution in [0.5, 0.6) is 11.5 Å². The van der Waals surface area contributed by atoms with Gasteiger partial charge in [0.05, 0.1) is 26.4 Å².